The van der Waals surface area contributed by atoms with E-state index in [0.717, 1.165) is 31.4 Å². The number of nitrogens with two attached hydrogens (primary N) is 1. The molecule has 1 amide bonds. The molecule has 0 unspecified atom stereocenters. The Bertz CT molecular complexity index is 535. The molecule has 3 nitrogen and oxygen atoms in total. The molecule has 2 N–H and O–H groups in total. The molecule has 2 fully saturated rings. The molecule has 1 saturated carbocycles. The molecule has 0 radical (unpaired) electrons. The molecule has 20 heavy (non-hydrogen) atoms. The SMILES string of the molecule is N[C@@H]1CCCN(C(=O)[C@@H]2C[C@@H]2c2ccc(Cl)c(Cl)c2)C1. The van der Waals surface area contributed by atoms with Gasteiger partial charge in [0.15, 0.2) is 0 Å². The van der Waals surface area contributed by atoms with Crippen LogP contribution in [-0.2, 0) is 4.79 Å². The highest BCUT2D eigenvalue weighted by Gasteiger charge is 2.46. The summed E-state index contributed by atoms with van der Waals surface area (Å²) >= 11 is 12.0. The van der Waals surface area contributed by atoms with Crippen molar-refractivity contribution < 1.29 is 4.79 Å². The minimum Gasteiger partial charge on any atom is -0.341 e. The van der Waals surface area contributed by atoms with Gasteiger partial charge in [0.1, 0.15) is 0 Å². The van der Waals surface area contributed by atoms with Crippen LogP contribution in [0.15, 0.2) is 18.2 Å². The number of carbonyl (C=O) groups excluding carboxylic acids is 1. The highest BCUT2D eigenvalue weighted by molar-refractivity contribution is 6.42. The molecule has 0 bridgehead atoms. The third-order valence-electron chi connectivity index (χ3n) is 4.25. The maximum Gasteiger partial charge on any atom is 0.226 e. The lowest BCUT2D eigenvalue weighted by Gasteiger charge is -2.31. The summed E-state index contributed by atoms with van der Waals surface area (Å²) in [6.07, 6.45) is 2.93. The van der Waals surface area contributed by atoms with E-state index >= 15 is 0 Å². The monoisotopic (exact) mass is 312 g/mol. The minimum atomic E-state index is 0.0949. The van der Waals surface area contributed by atoms with E-state index in [1.54, 1.807) is 6.07 Å². The Morgan fingerprint density at radius 2 is 2.10 bits per heavy atom. The van der Waals surface area contributed by atoms with Gasteiger partial charge in [-0.1, -0.05) is 29.3 Å². The first-order valence-corrected chi connectivity index (χ1v) is 7.81. The Balaban J connectivity index is 1.66. The summed E-state index contributed by atoms with van der Waals surface area (Å²) < 4.78 is 0. The molecule has 3 atom stereocenters. The normalized spacial score (nSPS) is 29.4. The number of hydrogen-bond donors (Lipinski definition) is 1. The van der Waals surface area contributed by atoms with E-state index in [1.807, 2.05) is 17.0 Å². The standard InChI is InChI=1S/C15H18Cl2N2O/c16-13-4-3-9(6-14(13)17)11-7-12(11)15(20)19-5-1-2-10(18)8-19/h3-4,6,10-12H,1-2,5,7-8,18H2/t10-,11-,12-/m1/s1. The second-order valence-corrected chi connectivity index (χ2v) is 6.62. The first-order chi connectivity index (χ1) is 9.56. The van der Waals surface area contributed by atoms with Gasteiger partial charge < -0.3 is 10.6 Å². The van der Waals surface area contributed by atoms with Gasteiger partial charge in [0.25, 0.3) is 0 Å². The second kappa shape index (κ2) is 5.55. The Kier molecular flexibility index (Phi) is 3.93. The molecule has 5 heteroatoms. The zero-order valence-electron chi connectivity index (χ0n) is 11.2. The summed E-state index contributed by atoms with van der Waals surface area (Å²) in [6.45, 7) is 1.54. The van der Waals surface area contributed by atoms with Gasteiger partial charge in [0.05, 0.1) is 10.0 Å². The number of benzene rings is 1. The number of halogens is 2. The van der Waals surface area contributed by atoms with Gasteiger partial charge in [-0.2, -0.15) is 0 Å². The number of hydrogen-bond acceptors (Lipinski definition) is 2. The fourth-order valence-corrected chi connectivity index (χ4v) is 3.33. The lowest BCUT2D eigenvalue weighted by molar-refractivity contribution is -0.133. The number of carbonyl (C=O) groups is 1. The first kappa shape index (κ1) is 14.2. The smallest absolute Gasteiger partial charge is 0.226 e. The van der Waals surface area contributed by atoms with Crippen molar-refractivity contribution in [1.29, 1.82) is 0 Å². The number of piperidine rings is 1. The van der Waals surface area contributed by atoms with Crippen LogP contribution in [0.3, 0.4) is 0 Å². The third kappa shape index (κ3) is 2.80. The lowest BCUT2D eigenvalue weighted by atomic mass is 10.0. The number of amides is 1. The molecular weight excluding hydrogens is 295 g/mol. The Labute approximate surface area is 129 Å². The zero-order chi connectivity index (χ0) is 14.3. The summed E-state index contributed by atoms with van der Waals surface area (Å²) in [6, 6.07) is 5.78. The zero-order valence-corrected chi connectivity index (χ0v) is 12.7. The number of likely N-dealkylation sites (tertiary alicyclic amines) is 1. The van der Waals surface area contributed by atoms with Crippen LogP contribution in [-0.4, -0.2) is 29.9 Å². The van der Waals surface area contributed by atoms with Crippen molar-refractivity contribution in [2.75, 3.05) is 13.1 Å². The average Bonchev–Trinajstić information content (AvgIpc) is 3.21. The van der Waals surface area contributed by atoms with Gasteiger partial charge in [-0.3, -0.25) is 4.79 Å². The van der Waals surface area contributed by atoms with E-state index in [1.165, 1.54) is 0 Å². The van der Waals surface area contributed by atoms with Crippen LogP contribution in [0.2, 0.25) is 10.0 Å². The lowest BCUT2D eigenvalue weighted by Crippen LogP contribution is -2.46. The number of nitrogens with zero attached hydrogens (tertiary/aromatic N) is 1. The highest BCUT2D eigenvalue weighted by Crippen LogP contribution is 2.49. The van der Waals surface area contributed by atoms with Gasteiger partial charge in [0, 0.05) is 25.0 Å². The van der Waals surface area contributed by atoms with Crippen molar-refractivity contribution in [1.82, 2.24) is 4.90 Å². The molecule has 1 aliphatic carbocycles. The van der Waals surface area contributed by atoms with E-state index in [4.69, 9.17) is 28.9 Å². The molecule has 1 heterocycles. The van der Waals surface area contributed by atoms with Crippen LogP contribution in [0.25, 0.3) is 0 Å². The molecule has 0 spiro atoms. The molecular formula is C15H18Cl2N2O. The Morgan fingerprint density at radius 3 is 2.80 bits per heavy atom. The molecule has 108 valence electrons. The predicted octanol–water partition coefficient (Wildman–Crippen LogP) is 3.05. The van der Waals surface area contributed by atoms with Crippen molar-refractivity contribution in [2.45, 2.75) is 31.2 Å². The van der Waals surface area contributed by atoms with Crippen molar-refractivity contribution in [2.24, 2.45) is 11.7 Å². The van der Waals surface area contributed by atoms with E-state index < -0.39 is 0 Å². The highest BCUT2D eigenvalue weighted by atomic mass is 35.5. The fraction of sp³-hybridized carbons (Fsp3) is 0.533. The van der Waals surface area contributed by atoms with Crippen molar-refractivity contribution in [3.8, 4) is 0 Å². The minimum absolute atomic E-state index is 0.0949. The summed E-state index contributed by atoms with van der Waals surface area (Å²) in [4.78, 5) is 14.4. The average molecular weight is 313 g/mol. The summed E-state index contributed by atoms with van der Waals surface area (Å²) in [5.41, 5.74) is 7.05. The molecule has 1 aromatic rings. The van der Waals surface area contributed by atoms with Gasteiger partial charge in [0.2, 0.25) is 5.91 Å². The largest absolute Gasteiger partial charge is 0.341 e. The van der Waals surface area contributed by atoms with Gasteiger partial charge in [-0.25, -0.2) is 0 Å². The van der Waals surface area contributed by atoms with Gasteiger partial charge in [-0.05, 0) is 42.9 Å². The van der Waals surface area contributed by atoms with E-state index in [9.17, 15) is 4.79 Å². The van der Waals surface area contributed by atoms with Crippen molar-refractivity contribution >= 4 is 29.1 Å². The molecule has 1 aromatic carbocycles. The molecule has 1 aliphatic heterocycles. The quantitative estimate of drug-likeness (QED) is 0.912. The van der Waals surface area contributed by atoms with Crippen LogP contribution in [0.1, 0.15) is 30.7 Å². The predicted molar refractivity (Wildman–Crippen MR) is 81.1 cm³/mol. The van der Waals surface area contributed by atoms with Crippen LogP contribution in [0.4, 0.5) is 0 Å². The second-order valence-electron chi connectivity index (χ2n) is 5.81. The van der Waals surface area contributed by atoms with E-state index in [0.29, 0.717) is 16.6 Å². The van der Waals surface area contributed by atoms with Crippen LogP contribution in [0.5, 0.6) is 0 Å². The Morgan fingerprint density at radius 1 is 1.30 bits per heavy atom. The summed E-state index contributed by atoms with van der Waals surface area (Å²) in [5, 5.41) is 1.11. The van der Waals surface area contributed by atoms with Crippen LogP contribution < -0.4 is 5.73 Å². The molecule has 3 rings (SSSR count). The van der Waals surface area contributed by atoms with E-state index in [2.05, 4.69) is 0 Å². The Hall–Kier alpha value is -0.770. The summed E-state index contributed by atoms with van der Waals surface area (Å²) in [7, 11) is 0. The van der Waals surface area contributed by atoms with Crippen LogP contribution in [0, 0.1) is 5.92 Å². The van der Waals surface area contributed by atoms with Gasteiger partial charge in [-0.15, -0.1) is 0 Å². The van der Waals surface area contributed by atoms with Crippen molar-refractivity contribution in [3.63, 3.8) is 0 Å². The summed E-state index contributed by atoms with van der Waals surface area (Å²) in [5.74, 6) is 0.629. The topological polar surface area (TPSA) is 46.3 Å². The number of rotatable bonds is 2. The fourth-order valence-electron chi connectivity index (χ4n) is 3.02. The maximum atomic E-state index is 12.5. The maximum absolute atomic E-state index is 12.5. The van der Waals surface area contributed by atoms with Crippen molar-refractivity contribution in [3.05, 3.63) is 33.8 Å². The molecule has 0 aromatic heterocycles. The third-order valence-corrected chi connectivity index (χ3v) is 4.99. The molecule has 1 saturated heterocycles. The van der Waals surface area contributed by atoms with Crippen LogP contribution >= 0.6 is 23.2 Å². The first-order valence-electron chi connectivity index (χ1n) is 7.05. The molecule has 2 aliphatic rings. The van der Waals surface area contributed by atoms with Gasteiger partial charge >= 0.3 is 0 Å². The van der Waals surface area contributed by atoms with E-state index in [-0.39, 0.29) is 23.8 Å².